The Balaban J connectivity index is 2.20. The Morgan fingerprint density at radius 1 is 0.750 bits per heavy atom. The lowest BCUT2D eigenvalue weighted by atomic mass is 9.74. The molecule has 3 heteroatoms. The number of hydrogen-bond donors (Lipinski definition) is 0. The molecule has 0 aromatic heterocycles. The van der Waals surface area contributed by atoms with Gasteiger partial charge < -0.3 is 9.47 Å². The van der Waals surface area contributed by atoms with Gasteiger partial charge in [0.25, 0.3) is 0 Å². The molecule has 2 aliphatic heterocycles. The molecule has 0 radical (unpaired) electrons. The summed E-state index contributed by atoms with van der Waals surface area (Å²) in [7, 11) is 2.24. The van der Waals surface area contributed by atoms with E-state index in [0.717, 1.165) is 12.8 Å². The van der Waals surface area contributed by atoms with Gasteiger partial charge in [-0.25, -0.2) is 0 Å². The van der Waals surface area contributed by atoms with Gasteiger partial charge in [0.15, 0.2) is 6.29 Å². The summed E-state index contributed by atoms with van der Waals surface area (Å²) in [5, 5.41) is 0. The zero-order valence-electron chi connectivity index (χ0n) is 14.8. The fourth-order valence-corrected chi connectivity index (χ4v) is 3.72. The topological polar surface area (TPSA) is 21.7 Å². The van der Waals surface area contributed by atoms with Gasteiger partial charge in [-0.3, -0.25) is 4.90 Å². The van der Waals surface area contributed by atoms with Crippen LogP contribution in [-0.4, -0.2) is 40.5 Å². The van der Waals surface area contributed by atoms with E-state index in [0.29, 0.717) is 5.92 Å². The number of piperidine rings is 1. The minimum absolute atomic E-state index is 0.0766. The van der Waals surface area contributed by atoms with Gasteiger partial charge in [-0.05, 0) is 75.3 Å². The molecule has 0 aromatic carbocycles. The number of rotatable bonds is 1. The van der Waals surface area contributed by atoms with Gasteiger partial charge in [0.05, 0.1) is 11.2 Å². The van der Waals surface area contributed by atoms with Crippen molar-refractivity contribution >= 4 is 0 Å². The summed E-state index contributed by atoms with van der Waals surface area (Å²) >= 11 is 0. The van der Waals surface area contributed by atoms with Crippen molar-refractivity contribution in [1.82, 2.24) is 4.90 Å². The van der Waals surface area contributed by atoms with Gasteiger partial charge in [-0.2, -0.15) is 0 Å². The van der Waals surface area contributed by atoms with Crippen LogP contribution in [0.4, 0.5) is 0 Å². The SMILES string of the molecule is CN1C(C)(C)CC(C2OC(C)(C)C(C)(C)O2)CC1(C)C. The Morgan fingerprint density at radius 3 is 1.45 bits per heavy atom. The fourth-order valence-electron chi connectivity index (χ4n) is 3.72. The predicted molar refractivity (Wildman–Crippen MR) is 82.8 cm³/mol. The Kier molecular flexibility index (Phi) is 3.61. The molecule has 0 bridgehead atoms. The highest BCUT2D eigenvalue weighted by Gasteiger charge is 2.54. The summed E-state index contributed by atoms with van der Waals surface area (Å²) in [6, 6.07) is 0. The summed E-state index contributed by atoms with van der Waals surface area (Å²) in [4.78, 5) is 2.50. The number of hydrogen-bond acceptors (Lipinski definition) is 3. The van der Waals surface area contributed by atoms with Crippen LogP contribution in [0.15, 0.2) is 0 Å². The lowest BCUT2D eigenvalue weighted by Crippen LogP contribution is -2.60. The second-order valence-electron chi connectivity index (χ2n) is 8.98. The monoisotopic (exact) mass is 283 g/mol. The summed E-state index contributed by atoms with van der Waals surface area (Å²) in [6.07, 6.45) is 2.15. The van der Waals surface area contributed by atoms with Crippen LogP contribution < -0.4 is 0 Å². The first-order valence-electron chi connectivity index (χ1n) is 7.88. The van der Waals surface area contributed by atoms with E-state index in [-0.39, 0.29) is 28.6 Å². The van der Waals surface area contributed by atoms with Crippen LogP contribution in [0.3, 0.4) is 0 Å². The lowest BCUT2D eigenvalue weighted by molar-refractivity contribution is -0.162. The molecular weight excluding hydrogens is 250 g/mol. The van der Waals surface area contributed by atoms with E-state index in [1.165, 1.54) is 0 Å². The van der Waals surface area contributed by atoms with Gasteiger partial charge >= 0.3 is 0 Å². The highest BCUT2D eigenvalue weighted by Crippen LogP contribution is 2.47. The van der Waals surface area contributed by atoms with E-state index in [2.05, 4.69) is 67.3 Å². The van der Waals surface area contributed by atoms with E-state index in [1.807, 2.05) is 0 Å². The summed E-state index contributed by atoms with van der Waals surface area (Å²) in [5.74, 6) is 0.456. The molecule has 0 saturated carbocycles. The van der Waals surface area contributed by atoms with Crippen molar-refractivity contribution in [2.75, 3.05) is 7.05 Å². The standard InChI is InChI=1S/C17H33NO2/c1-14(2)10-12(11-15(3,4)18(14)9)13-19-16(5,6)17(7,8)20-13/h12-13H,10-11H2,1-9H3. The smallest absolute Gasteiger partial charge is 0.162 e. The van der Waals surface area contributed by atoms with Crippen molar-refractivity contribution < 1.29 is 9.47 Å². The second-order valence-corrected chi connectivity index (χ2v) is 8.98. The van der Waals surface area contributed by atoms with Gasteiger partial charge in [0.1, 0.15) is 0 Å². The van der Waals surface area contributed by atoms with Gasteiger partial charge in [-0.15, -0.1) is 0 Å². The molecule has 20 heavy (non-hydrogen) atoms. The normalized spacial score (nSPS) is 33.5. The van der Waals surface area contributed by atoms with E-state index < -0.39 is 0 Å². The summed E-state index contributed by atoms with van der Waals surface area (Å²) in [5.41, 5.74) is -0.101. The van der Waals surface area contributed by atoms with Crippen LogP contribution in [0.25, 0.3) is 0 Å². The third kappa shape index (κ3) is 2.53. The highest BCUT2D eigenvalue weighted by atomic mass is 16.7. The Labute approximate surface area is 125 Å². The minimum atomic E-state index is -0.227. The fraction of sp³-hybridized carbons (Fsp3) is 1.00. The molecule has 0 unspecified atom stereocenters. The molecule has 2 saturated heterocycles. The molecule has 0 aliphatic carbocycles. The maximum absolute atomic E-state index is 6.28. The maximum Gasteiger partial charge on any atom is 0.162 e. The van der Waals surface area contributed by atoms with Crippen LogP contribution in [0, 0.1) is 5.92 Å². The number of nitrogens with zero attached hydrogens (tertiary/aromatic N) is 1. The molecule has 2 fully saturated rings. The zero-order valence-corrected chi connectivity index (χ0v) is 14.8. The van der Waals surface area contributed by atoms with E-state index in [1.54, 1.807) is 0 Å². The molecule has 0 amide bonds. The third-order valence-corrected chi connectivity index (χ3v) is 6.00. The first-order valence-corrected chi connectivity index (χ1v) is 7.88. The minimum Gasteiger partial charge on any atom is -0.343 e. The van der Waals surface area contributed by atoms with E-state index in [4.69, 9.17) is 9.47 Å². The second kappa shape index (κ2) is 4.44. The Bertz CT molecular complexity index is 350. The summed E-state index contributed by atoms with van der Waals surface area (Å²) < 4.78 is 12.6. The van der Waals surface area contributed by atoms with Gasteiger partial charge in [-0.1, -0.05) is 0 Å². The molecule has 0 spiro atoms. The van der Waals surface area contributed by atoms with Crippen molar-refractivity contribution in [3.05, 3.63) is 0 Å². The van der Waals surface area contributed by atoms with Crippen LogP contribution >= 0.6 is 0 Å². The van der Waals surface area contributed by atoms with Crippen LogP contribution in [0.2, 0.25) is 0 Å². The van der Waals surface area contributed by atoms with Crippen molar-refractivity contribution in [3.8, 4) is 0 Å². The average molecular weight is 283 g/mol. The summed E-state index contributed by atoms with van der Waals surface area (Å²) in [6.45, 7) is 17.9. The highest BCUT2D eigenvalue weighted by molar-refractivity contribution is 5.02. The molecular formula is C17H33NO2. The molecule has 2 heterocycles. The Hall–Kier alpha value is -0.120. The molecule has 3 nitrogen and oxygen atoms in total. The largest absolute Gasteiger partial charge is 0.343 e. The Morgan fingerprint density at radius 2 is 1.10 bits per heavy atom. The quantitative estimate of drug-likeness (QED) is 0.730. The van der Waals surface area contributed by atoms with E-state index in [9.17, 15) is 0 Å². The van der Waals surface area contributed by atoms with Crippen LogP contribution in [0.5, 0.6) is 0 Å². The lowest BCUT2D eigenvalue weighted by Gasteiger charge is -2.54. The molecule has 0 N–H and O–H groups in total. The van der Waals surface area contributed by atoms with Gasteiger partial charge in [0.2, 0.25) is 0 Å². The van der Waals surface area contributed by atoms with Crippen LogP contribution in [0.1, 0.15) is 68.2 Å². The molecule has 0 aromatic rings. The maximum atomic E-state index is 6.28. The van der Waals surface area contributed by atoms with E-state index >= 15 is 0 Å². The first kappa shape index (κ1) is 16.3. The van der Waals surface area contributed by atoms with Crippen molar-refractivity contribution in [2.45, 2.75) is 96.8 Å². The molecule has 0 atom stereocenters. The van der Waals surface area contributed by atoms with Gasteiger partial charge in [0, 0.05) is 17.0 Å². The molecule has 2 aliphatic rings. The van der Waals surface area contributed by atoms with Crippen molar-refractivity contribution in [1.29, 1.82) is 0 Å². The van der Waals surface area contributed by atoms with Crippen molar-refractivity contribution in [2.24, 2.45) is 5.92 Å². The zero-order chi connectivity index (χ0) is 15.6. The first-order chi connectivity index (χ1) is 8.79. The third-order valence-electron chi connectivity index (χ3n) is 6.00. The average Bonchev–Trinajstić information content (AvgIpc) is 2.44. The predicted octanol–water partition coefficient (Wildman–Crippen LogP) is 3.82. The molecule has 2 rings (SSSR count). The number of likely N-dealkylation sites (tertiary alicyclic amines) is 1. The molecule has 118 valence electrons. The number of ether oxygens (including phenoxy) is 2. The van der Waals surface area contributed by atoms with Crippen LogP contribution in [-0.2, 0) is 9.47 Å². The van der Waals surface area contributed by atoms with Crippen molar-refractivity contribution in [3.63, 3.8) is 0 Å².